The Kier molecular flexibility index (Phi) is 7.72. The molecule has 1 fully saturated rings. The molecule has 1 aliphatic heterocycles. The van der Waals surface area contributed by atoms with E-state index < -0.39 is 0 Å². The van der Waals surface area contributed by atoms with Gasteiger partial charge in [0.25, 0.3) is 0 Å². The minimum absolute atomic E-state index is 0.132. The molecule has 0 saturated carbocycles. The van der Waals surface area contributed by atoms with Crippen molar-refractivity contribution < 1.29 is 14.3 Å². The average molecular weight is 469 g/mol. The van der Waals surface area contributed by atoms with Crippen molar-refractivity contribution in [3.63, 3.8) is 0 Å². The zero-order valence-corrected chi connectivity index (χ0v) is 20.4. The SMILES string of the molecule is CCN(CC)CCCNc1n[nH]c2c1CCCc1cc(N3C[C@H](CNC(C)=O)OC3=O)ccc1-2. The fourth-order valence-electron chi connectivity index (χ4n) is 4.78. The molecule has 2 amide bonds. The Morgan fingerprint density at radius 2 is 2.12 bits per heavy atom. The number of hydrogen-bond donors (Lipinski definition) is 3. The molecule has 2 heterocycles. The van der Waals surface area contributed by atoms with Crippen LogP contribution in [0.5, 0.6) is 0 Å². The molecule has 1 aliphatic carbocycles. The molecule has 184 valence electrons. The van der Waals surface area contributed by atoms with Crippen molar-refractivity contribution in [2.24, 2.45) is 0 Å². The van der Waals surface area contributed by atoms with Gasteiger partial charge in [0.15, 0.2) is 5.82 Å². The molecule has 0 radical (unpaired) electrons. The van der Waals surface area contributed by atoms with E-state index in [0.29, 0.717) is 13.1 Å². The summed E-state index contributed by atoms with van der Waals surface area (Å²) in [5.41, 5.74) is 5.48. The van der Waals surface area contributed by atoms with Gasteiger partial charge >= 0.3 is 6.09 Å². The zero-order chi connectivity index (χ0) is 24.1. The summed E-state index contributed by atoms with van der Waals surface area (Å²) < 4.78 is 5.43. The number of cyclic esters (lactones) is 1. The minimum Gasteiger partial charge on any atom is -0.442 e. The van der Waals surface area contributed by atoms with E-state index in [1.165, 1.54) is 18.1 Å². The molecule has 3 N–H and O–H groups in total. The predicted octanol–water partition coefficient (Wildman–Crippen LogP) is 3.17. The van der Waals surface area contributed by atoms with Crippen LogP contribution >= 0.6 is 0 Å². The van der Waals surface area contributed by atoms with Gasteiger partial charge in [-0.05, 0) is 63.0 Å². The lowest BCUT2D eigenvalue weighted by atomic mass is 10.0. The molecule has 9 nitrogen and oxygen atoms in total. The van der Waals surface area contributed by atoms with Crippen LogP contribution in [0.2, 0.25) is 0 Å². The van der Waals surface area contributed by atoms with Gasteiger partial charge in [-0.15, -0.1) is 0 Å². The molecule has 34 heavy (non-hydrogen) atoms. The third kappa shape index (κ3) is 5.35. The van der Waals surface area contributed by atoms with Crippen LogP contribution in [-0.2, 0) is 22.4 Å². The summed E-state index contributed by atoms with van der Waals surface area (Å²) in [7, 11) is 0. The van der Waals surface area contributed by atoms with Crippen molar-refractivity contribution in [1.29, 1.82) is 0 Å². The van der Waals surface area contributed by atoms with Crippen LogP contribution in [0.4, 0.5) is 16.3 Å². The first-order chi connectivity index (χ1) is 16.5. The molecule has 9 heteroatoms. The van der Waals surface area contributed by atoms with Gasteiger partial charge in [-0.1, -0.05) is 19.9 Å². The molecule has 1 aromatic heterocycles. The second-order valence-corrected chi connectivity index (χ2v) is 8.98. The van der Waals surface area contributed by atoms with E-state index in [0.717, 1.165) is 74.6 Å². The van der Waals surface area contributed by atoms with Gasteiger partial charge in [0.05, 0.1) is 18.8 Å². The molecular formula is C25H36N6O3. The molecule has 2 aromatic rings. The predicted molar refractivity (Wildman–Crippen MR) is 133 cm³/mol. The van der Waals surface area contributed by atoms with Crippen molar-refractivity contribution in [1.82, 2.24) is 20.4 Å². The summed E-state index contributed by atoms with van der Waals surface area (Å²) in [6, 6.07) is 6.13. The number of fused-ring (bicyclic) bond motifs is 3. The Labute approximate surface area is 201 Å². The van der Waals surface area contributed by atoms with Gasteiger partial charge < -0.3 is 20.3 Å². The fraction of sp³-hybridized carbons (Fsp3) is 0.560. The van der Waals surface area contributed by atoms with Gasteiger partial charge in [0, 0.05) is 30.3 Å². The van der Waals surface area contributed by atoms with Crippen LogP contribution in [0.1, 0.15) is 44.7 Å². The molecule has 0 unspecified atom stereocenters. The number of benzene rings is 1. The van der Waals surface area contributed by atoms with Crippen molar-refractivity contribution in [2.45, 2.75) is 52.6 Å². The quantitative estimate of drug-likeness (QED) is 0.463. The first kappa shape index (κ1) is 24.1. The molecule has 2 aliphatic rings. The number of aromatic nitrogens is 2. The number of anilines is 2. The highest BCUT2D eigenvalue weighted by molar-refractivity contribution is 5.90. The summed E-state index contributed by atoms with van der Waals surface area (Å²) in [4.78, 5) is 27.7. The number of rotatable bonds is 10. The fourth-order valence-corrected chi connectivity index (χ4v) is 4.78. The van der Waals surface area contributed by atoms with E-state index in [9.17, 15) is 9.59 Å². The molecular weight excluding hydrogens is 432 g/mol. The molecule has 4 rings (SSSR count). The van der Waals surface area contributed by atoms with E-state index in [-0.39, 0.29) is 18.1 Å². The summed E-state index contributed by atoms with van der Waals surface area (Å²) in [6.07, 6.45) is 3.28. The lowest BCUT2D eigenvalue weighted by molar-refractivity contribution is -0.119. The Bertz CT molecular complexity index is 1020. The van der Waals surface area contributed by atoms with Crippen molar-refractivity contribution in [3.05, 3.63) is 29.3 Å². The molecule has 0 bridgehead atoms. The summed E-state index contributed by atoms with van der Waals surface area (Å²) in [5, 5.41) is 14.1. The summed E-state index contributed by atoms with van der Waals surface area (Å²) in [5.74, 6) is 0.822. The second kappa shape index (κ2) is 10.9. The van der Waals surface area contributed by atoms with Gasteiger partial charge in [0.1, 0.15) is 6.10 Å². The largest absolute Gasteiger partial charge is 0.442 e. The smallest absolute Gasteiger partial charge is 0.414 e. The number of ether oxygens (including phenoxy) is 1. The monoisotopic (exact) mass is 468 g/mol. The lowest BCUT2D eigenvalue weighted by Crippen LogP contribution is -2.33. The van der Waals surface area contributed by atoms with Crippen LogP contribution in [0.25, 0.3) is 11.3 Å². The number of aryl methyl sites for hydroxylation is 1. The van der Waals surface area contributed by atoms with Crippen molar-refractivity contribution >= 4 is 23.5 Å². The van der Waals surface area contributed by atoms with Gasteiger partial charge in [-0.2, -0.15) is 5.10 Å². The van der Waals surface area contributed by atoms with E-state index in [1.54, 1.807) is 4.90 Å². The van der Waals surface area contributed by atoms with Crippen LogP contribution in [0.3, 0.4) is 0 Å². The van der Waals surface area contributed by atoms with Crippen LogP contribution < -0.4 is 15.5 Å². The number of amides is 2. The third-order valence-electron chi connectivity index (χ3n) is 6.70. The Morgan fingerprint density at radius 1 is 1.29 bits per heavy atom. The Hall–Kier alpha value is -3.07. The number of aromatic amines is 1. The highest BCUT2D eigenvalue weighted by atomic mass is 16.6. The molecule has 0 spiro atoms. The van der Waals surface area contributed by atoms with E-state index in [4.69, 9.17) is 4.74 Å². The second-order valence-electron chi connectivity index (χ2n) is 8.98. The maximum atomic E-state index is 12.4. The van der Waals surface area contributed by atoms with Gasteiger partial charge in [-0.3, -0.25) is 14.8 Å². The topological polar surface area (TPSA) is 103 Å². The van der Waals surface area contributed by atoms with Crippen molar-refractivity contribution in [3.8, 4) is 11.3 Å². The summed E-state index contributed by atoms with van der Waals surface area (Å²) in [6.45, 7) is 10.8. The standard InChI is InChI=1S/C25H36N6O3/c1-4-30(5-2)13-7-12-26-24-22-9-6-8-18-14-19(10-11-21(18)23(22)28-29-24)31-16-20(34-25(31)33)15-27-17(3)32/h10-11,14,20H,4-9,12-13,15-16H2,1-3H3,(H,27,32)(H2,26,28,29)/t20-/m0/s1. The lowest BCUT2D eigenvalue weighted by Gasteiger charge is -2.17. The number of H-pyrrole nitrogens is 1. The van der Waals surface area contributed by atoms with E-state index in [2.05, 4.69) is 51.7 Å². The number of nitrogens with one attached hydrogen (secondary N) is 3. The third-order valence-corrected chi connectivity index (χ3v) is 6.70. The minimum atomic E-state index is -0.373. The first-order valence-corrected chi connectivity index (χ1v) is 12.4. The maximum absolute atomic E-state index is 12.4. The Morgan fingerprint density at radius 3 is 2.88 bits per heavy atom. The Balaban J connectivity index is 1.45. The normalized spacial score (nSPS) is 17.2. The molecule has 1 atom stereocenters. The molecule has 1 aromatic carbocycles. The van der Waals surface area contributed by atoms with Crippen molar-refractivity contribution in [2.75, 3.05) is 49.5 Å². The number of carbonyl (C=O) groups is 2. The molecule has 1 saturated heterocycles. The zero-order valence-electron chi connectivity index (χ0n) is 20.4. The average Bonchev–Trinajstić information content (AvgIpc) is 3.35. The van der Waals surface area contributed by atoms with Crippen LogP contribution in [-0.4, -0.2) is 72.5 Å². The van der Waals surface area contributed by atoms with Crippen LogP contribution in [0.15, 0.2) is 18.2 Å². The highest BCUT2D eigenvalue weighted by Crippen LogP contribution is 2.37. The van der Waals surface area contributed by atoms with Crippen LogP contribution in [0, 0.1) is 0 Å². The van der Waals surface area contributed by atoms with Gasteiger partial charge in [-0.25, -0.2) is 4.79 Å². The summed E-state index contributed by atoms with van der Waals surface area (Å²) >= 11 is 0. The van der Waals surface area contributed by atoms with E-state index >= 15 is 0 Å². The van der Waals surface area contributed by atoms with E-state index in [1.807, 2.05) is 6.07 Å². The van der Waals surface area contributed by atoms with Gasteiger partial charge in [0.2, 0.25) is 5.91 Å². The first-order valence-electron chi connectivity index (χ1n) is 12.4. The number of carbonyl (C=O) groups excluding carboxylic acids is 2. The maximum Gasteiger partial charge on any atom is 0.414 e. The highest BCUT2D eigenvalue weighted by Gasteiger charge is 2.33. The number of nitrogens with zero attached hydrogens (tertiary/aromatic N) is 3. The number of hydrogen-bond acceptors (Lipinski definition) is 6.